The van der Waals surface area contributed by atoms with E-state index in [9.17, 15) is 10.1 Å². The highest BCUT2D eigenvalue weighted by atomic mass is 16.5. The van der Waals surface area contributed by atoms with Crippen LogP contribution in [0.2, 0.25) is 0 Å². The molecule has 0 unspecified atom stereocenters. The summed E-state index contributed by atoms with van der Waals surface area (Å²) in [5.41, 5.74) is 4.23. The van der Waals surface area contributed by atoms with Crippen LogP contribution in [0.25, 0.3) is 22.5 Å². The second-order valence-corrected chi connectivity index (χ2v) is 8.36. The molecule has 4 aromatic rings. The highest BCUT2D eigenvalue weighted by Gasteiger charge is 2.13. The maximum Gasteiger partial charge on any atom is 0.255 e. The van der Waals surface area contributed by atoms with Crippen LogP contribution in [0.4, 0.5) is 0 Å². The van der Waals surface area contributed by atoms with Crippen LogP contribution < -0.4 is 10.3 Å². The van der Waals surface area contributed by atoms with E-state index in [1.54, 1.807) is 36.7 Å². The molecule has 1 N–H and O–H groups in total. The molecule has 4 rings (SSSR count). The summed E-state index contributed by atoms with van der Waals surface area (Å²) in [6.07, 6.45) is 3.74. The number of aromatic amines is 1. The predicted octanol–water partition coefficient (Wildman–Crippen LogP) is 4.41. The lowest BCUT2D eigenvalue weighted by Gasteiger charge is -2.12. The van der Waals surface area contributed by atoms with Gasteiger partial charge in [-0.05, 0) is 80.2 Å². The van der Waals surface area contributed by atoms with Crippen LogP contribution >= 0.6 is 0 Å². The number of hydrogen-bond donors (Lipinski definition) is 1. The number of aryl methyl sites for hydroxylation is 1. The van der Waals surface area contributed by atoms with Crippen molar-refractivity contribution in [3.63, 3.8) is 0 Å². The van der Waals surface area contributed by atoms with E-state index in [2.05, 4.69) is 20.9 Å². The topological polar surface area (TPSA) is 95.1 Å². The minimum absolute atomic E-state index is 0.218. The largest absolute Gasteiger partial charge is 0.492 e. The number of ether oxygens (including phenoxy) is 1. The van der Waals surface area contributed by atoms with Crippen molar-refractivity contribution in [1.29, 1.82) is 5.26 Å². The Balaban J connectivity index is 1.59. The quantitative estimate of drug-likeness (QED) is 0.424. The van der Waals surface area contributed by atoms with Gasteiger partial charge in [0.15, 0.2) is 11.7 Å². The summed E-state index contributed by atoms with van der Waals surface area (Å²) in [7, 11) is 4.02. The predicted molar refractivity (Wildman–Crippen MR) is 131 cm³/mol. The van der Waals surface area contributed by atoms with Crippen molar-refractivity contribution in [2.24, 2.45) is 0 Å². The number of H-pyrrole nitrogens is 1. The SMILES string of the molecule is Cc1ccc(OCCN(C)C)cc1Cc1ncc(-c2cc(C#N)cc(-c3ccc[nH]c3=O)c2)o1. The van der Waals surface area contributed by atoms with Crippen LogP contribution in [0, 0.1) is 18.3 Å². The van der Waals surface area contributed by atoms with Crippen LogP contribution in [0.15, 0.2) is 70.1 Å². The Labute approximate surface area is 198 Å². The van der Waals surface area contributed by atoms with Crippen LogP contribution in [0.3, 0.4) is 0 Å². The van der Waals surface area contributed by atoms with Crippen molar-refractivity contribution in [2.45, 2.75) is 13.3 Å². The fraction of sp³-hybridized carbons (Fsp3) is 0.222. The summed E-state index contributed by atoms with van der Waals surface area (Å²) in [5, 5.41) is 9.50. The molecule has 34 heavy (non-hydrogen) atoms. The Hall–Kier alpha value is -4.15. The van der Waals surface area contributed by atoms with E-state index in [0.29, 0.717) is 46.9 Å². The molecular weight excluding hydrogens is 428 g/mol. The summed E-state index contributed by atoms with van der Waals surface area (Å²) in [6.45, 7) is 3.49. The molecule has 7 nitrogen and oxygen atoms in total. The molecule has 0 aliphatic carbocycles. The van der Waals surface area contributed by atoms with Gasteiger partial charge < -0.3 is 19.0 Å². The zero-order valence-corrected chi connectivity index (χ0v) is 19.5. The lowest BCUT2D eigenvalue weighted by molar-refractivity contribution is 0.261. The van der Waals surface area contributed by atoms with E-state index in [4.69, 9.17) is 9.15 Å². The summed E-state index contributed by atoms with van der Waals surface area (Å²) >= 11 is 0. The Morgan fingerprint density at radius 1 is 1.15 bits per heavy atom. The summed E-state index contributed by atoms with van der Waals surface area (Å²) in [4.78, 5) is 21.4. The smallest absolute Gasteiger partial charge is 0.255 e. The fourth-order valence-corrected chi connectivity index (χ4v) is 3.60. The standard InChI is InChI=1S/C27H26N4O3/c1-18-6-7-23(33-10-9-31(2)3)14-20(18)15-26-30-17-25(34-26)22-12-19(16-28)11-21(13-22)24-5-4-8-29-27(24)32/h4-8,11-14,17H,9-10,15H2,1-3H3,(H,29,32). The second-order valence-electron chi connectivity index (χ2n) is 8.36. The van der Waals surface area contributed by atoms with Crippen LogP contribution in [0.1, 0.15) is 22.6 Å². The van der Waals surface area contributed by atoms with E-state index >= 15 is 0 Å². The number of rotatable bonds is 8. The maximum atomic E-state index is 12.2. The first-order chi connectivity index (χ1) is 16.4. The minimum Gasteiger partial charge on any atom is -0.492 e. The third-order valence-electron chi connectivity index (χ3n) is 5.50. The number of oxazole rings is 1. The molecule has 0 fully saturated rings. The van der Waals surface area contributed by atoms with Gasteiger partial charge in [-0.25, -0.2) is 4.98 Å². The third kappa shape index (κ3) is 5.42. The number of pyridine rings is 1. The number of benzene rings is 2. The van der Waals surface area contributed by atoms with Crippen LogP contribution in [0.5, 0.6) is 5.75 Å². The first kappa shape index (κ1) is 23.0. The van der Waals surface area contributed by atoms with E-state index in [-0.39, 0.29) is 5.56 Å². The first-order valence-corrected chi connectivity index (χ1v) is 11.0. The number of aromatic nitrogens is 2. The summed E-state index contributed by atoms with van der Waals surface area (Å²) in [5.74, 6) is 1.91. The van der Waals surface area contributed by atoms with Gasteiger partial charge in [0.25, 0.3) is 5.56 Å². The highest BCUT2D eigenvalue weighted by Crippen LogP contribution is 2.28. The molecule has 0 saturated carbocycles. The molecule has 172 valence electrons. The fourth-order valence-electron chi connectivity index (χ4n) is 3.60. The van der Waals surface area contributed by atoms with Crippen molar-refractivity contribution >= 4 is 0 Å². The van der Waals surface area contributed by atoms with E-state index in [1.165, 1.54) is 0 Å². The molecule has 0 bridgehead atoms. The monoisotopic (exact) mass is 454 g/mol. The molecule has 0 aliphatic heterocycles. The number of nitriles is 1. The molecule has 0 spiro atoms. The molecule has 0 amide bonds. The van der Waals surface area contributed by atoms with Gasteiger partial charge in [-0.3, -0.25) is 4.79 Å². The molecular formula is C27H26N4O3. The third-order valence-corrected chi connectivity index (χ3v) is 5.50. The van der Waals surface area contributed by atoms with E-state index < -0.39 is 0 Å². The Morgan fingerprint density at radius 2 is 1.97 bits per heavy atom. The van der Waals surface area contributed by atoms with Gasteiger partial charge in [0.05, 0.1) is 17.8 Å². The van der Waals surface area contributed by atoms with E-state index in [1.807, 2.05) is 45.3 Å². The number of likely N-dealkylation sites (N-methyl/N-ethyl adjacent to an activating group) is 1. The molecule has 2 aromatic carbocycles. The molecule has 7 heteroatoms. The zero-order chi connectivity index (χ0) is 24.1. The van der Waals surface area contributed by atoms with Gasteiger partial charge in [0.2, 0.25) is 0 Å². The van der Waals surface area contributed by atoms with Crippen molar-refractivity contribution < 1.29 is 9.15 Å². The normalized spacial score (nSPS) is 10.9. The molecule has 0 aliphatic rings. The van der Waals surface area contributed by atoms with Gasteiger partial charge in [-0.1, -0.05) is 6.07 Å². The Morgan fingerprint density at radius 3 is 2.74 bits per heavy atom. The van der Waals surface area contributed by atoms with Crippen molar-refractivity contribution in [1.82, 2.24) is 14.9 Å². The van der Waals surface area contributed by atoms with Gasteiger partial charge in [-0.15, -0.1) is 0 Å². The van der Waals surface area contributed by atoms with Crippen LogP contribution in [-0.4, -0.2) is 42.1 Å². The average molecular weight is 455 g/mol. The lowest BCUT2D eigenvalue weighted by Crippen LogP contribution is -2.19. The lowest BCUT2D eigenvalue weighted by atomic mass is 10.0. The molecule has 0 radical (unpaired) electrons. The Kier molecular flexibility index (Phi) is 6.90. The van der Waals surface area contributed by atoms with Gasteiger partial charge >= 0.3 is 0 Å². The van der Waals surface area contributed by atoms with Gasteiger partial charge in [0.1, 0.15) is 12.4 Å². The summed E-state index contributed by atoms with van der Waals surface area (Å²) in [6, 6.07) is 16.9. The number of nitrogens with zero attached hydrogens (tertiary/aromatic N) is 3. The number of hydrogen-bond acceptors (Lipinski definition) is 6. The van der Waals surface area contributed by atoms with Gasteiger partial charge in [0, 0.05) is 30.3 Å². The van der Waals surface area contributed by atoms with Crippen molar-refractivity contribution in [2.75, 3.05) is 27.2 Å². The van der Waals surface area contributed by atoms with Crippen molar-refractivity contribution in [3.05, 3.63) is 93.9 Å². The van der Waals surface area contributed by atoms with E-state index in [0.717, 1.165) is 23.4 Å². The van der Waals surface area contributed by atoms with Crippen molar-refractivity contribution in [3.8, 4) is 34.3 Å². The van der Waals surface area contributed by atoms with Crippen LogP contribution in [-0.2, 0) is 6.42 Å². The molecule has 0 saturated heterocycles. The average Bonchev–Trinajstić information content (AvgIpc) is 3.29. The second kappa shape index (κ2) is 10.2. The highest BCUT2D eigenvalue weighted by molar-refractivity contribution is 5.72. The maximum absolute atomic E-state index is 12.2. The molecule has 2 heterocycles. The zero-order valence-electron chi connectivity index (χ0n) is 19.5. The Bertz CT molecular complexity index is 1400. The van der Waals surface area contributed by atoms with Gasteiger partial charge in [-0.2, -0.15) is 5.26 Å². The minimum atomic E-state index is -0.218. The molecule has 2 aromatic heterocycles. The molecule has 0 atom stereocenters. The first-order valence-electron chi connectivity index (χ1n) is 11.0. The summed E-state index contributed by atoms with van der Waals surface area (Å²) < 4.78 is 11.9. The number of nitrogens with one attached hydrogen (secondary N) is 1.